The van der Waals surface area contributed by atoms with Gasteiger partial charge in [-0.25, -0.2) is 12.8 Å². The average molecular weight is 288 g/mol. The van der Waals surface area contributed by atoms with Gasteiger partial charge in [0.1, 0.15) is 5.82 Å². The quantitative estimate of drug-likeness (QED) is 0.872. The summed E-state index contributed by atoms with van der Waals surface area (Å²) in [6, 6.07) is 3.61. The Morgan fingerprint density at radius 3 is 2.47 bits per heavy atom. The van der Waals surface area contributed by atoms with Gasteiger partial charge in [-0.3, -0.25) is 0 Å². The van der Waals surface area contributed by atoms with Crippen molar-refractivity contribution >= 4 is 10.0 Å². The van der Waals surface area contributed by atoms with Gasteiger partial charge in [0.2, 0.25) is 10.0 Å². The van der Waals surface area contributed by atoms with Crippen LogP contribution in [0.2, 0.25) is 0 Å². The summed E-state index contributed by atoms with van der Waals surface area (Å²) >= 11 is 0. The second-order valence-electron chi connectivity index (χ2n) is 4.67. The van der Waals surface area contributed by atoms with Crippen LogP contribution in [0, 0.1) is 5.82 Å². The van der Waals surface area contributed by atoms with Crippen LogP contribution in [0.15, 0.2) is 23.1 Å². The summed E-state index contributed by atoms with van der Waals surface area (Å²) in [6.07, 6.45) is 0.725. The van der Waals surface area contributed by atoms with Gasteiger partial charge >= 0.3 is 0 Å². The molecule has 1 aromatic rings. The summed E-state index contributed by atoms with van der Waals surface area (Å²) in [7, 11) is -3.60. The van der Waals surface area contributed by atoms with Crippen molar-refractivity contribution in [3.8, 4) is 0 Å². The number of rotatable bonds is 6. The largest absolute Gasteiger partial charge is 0.326 e. The van der Waals surface area contributed by atoms with E-state index in [4.69, 9.17) is 5.73 Å². The van der Waals surface area contributed by atoms with E-state index in [9.17, 15) is 12.8 Å². The fraction of sp³-hybridized carbons (Fsp3) is 0.538. The van der Waals surface area contributed by atoms with Crippen LogP contribution in [0.1, 0.15) is 32.8 Å². The molecule has 0 saturated carbocycles. The molecule has 0 aromatic heterocycles. The molecular weight excluding hydrogens is 267 g/mol. The highest BCUT2D eigenvalue weighted by Crippen LogP contribution is 2.21. The smallest absolute Gasteiger partial charge is 0.243 e. The average Bonchev–Trinajstić information content (AvgIpc) is 2.35. The first-order chi connectivity index (χ1) is 8.84. The van der Waals surface area contributed by atoms with Crippen molar-refractivity contribution in [1.29, 1.82) is 0 Å². The van der Waals surface area contributed by atoms with E-state index in [1.807, 2.05) is 20.8 Å². The minimum atomic E-state index is -3.60. The summed E-state index contributed by atoms with van der Waals surface area (Å²) in [5.41, 5.74) is 5.62. The van der Waals surface area contributed by atoms with E-state index in [1.165, 1.54) is 16.4 Å². The lowest BCUT2D eigenvalue weighted by atomic mass is 10.2. The lowest BCUT2D eigenvalue weighted by Crippen LogP contribution is -2.37. The second kappa shape index (κ2) is 6.45. The Labute approximate surface area is 114 Å². The molecule has 0 spiro atoms. The number of hydrogen-bond donors (Lipinski definition) is 1. The van der Waals surface area contributed by atoms with Gasteiger partial charge in [-0.05, 0) is 38.5 Å². The molecule has 19 heavy (non-hydrogen) atoms. The number of nitrogens with zero attached hydrogens (tertiary/aromatic N) is 1. The zero-order chi connectivity index (χ0) is 14.6. The number of benzene rings is 1. The summed E-state index contributed by atoms with van der Waals surface area (Å²) in [4.78, 5) is 0.0940. The molecule has 1 aromatic carbocycles. The summed E-state index contributed by atoms with van der Waals surface area (Å²) in [6.45, 7) is 5.97. The fourth-order valence-corrected chi connectivity index (χ4v) is 3.66. The molecule has 0 saturated heterocycles. The number of sulfonamides is 1. The van der Waals surface area contributed by atoms with Crippen molar-refractivity contribution in [2.24, 2.45) is 5.73 Å². The van der Waals surface area contributed by atoms with Gasteiger partial charge < -0.3 is 5.73 Å². The van der Waals surface area contributed by atoms with Crippen molar-refractivity contribution in [1.82, 2.24) is 4.31 Å². The Balaban J connectivity index is 3.25. The summed E-state index contributed by atoms with van der Waals surface area (Å²) in [5.74, 6) is -0.479. The Hall–Kier alpha value is -0.980. The Bertz CT molecular complexity index is 529. The van der Waals surface area contributed by atoms with E-state index in [-0.39, 0.29) is 23.0 Å². The molecule has 2 N–H and O–H groups in total. The van der Waals surface area contributed by atoms with E-state index in [0.717, 1.165) is 12.5 Å². The number of hydrogen-bond acceptors (Lipinski definition) is 3. The zero-order valence-corrected chi connectivity index (χ0v) is 12.4. The summed E-state index contributed by atoms with van der Waals surface area (Å²) < 4.78 is 39.8. The molecule has 0 fully saturated rings. The molecule has 108 valence electrons. The third-order valence-corrected chi connectivity index (χ3v) is 4.93. The van der Waals surface area contributed by atoms with Crippen LogP contribution in [-0.4, -0.2) is 25.3 Å². The maximum Gasteiger partial charge on any atom is 0.243 e. The lowest BCUT2D eigenvalue weighted by Gasteiger charge is -2.25. The van der Waals surface area contributed by atoms with Gasteiger partial charge in [0.05, 0.1) is 4.90 Å². The molecule has 0 aliphatic rings. The highest BCUT2D eigenvalue weighted by atomic mass is 32.2. The normalized spacial score (nSPS) is 12.4. The van der Waals surface area contributed by atoms with Gasteiger partial charge in [-0.15, -0.1) is 0 Å². The lowest BCUT2D eigenvalue weighted by molar-refractivity contribution is 0.354. The molecule has 0 unspecified atom stereocenters. The van der Waals surface area contributed by atoms with Gasteiger partial charge in [0.25, 0.3) is 0 Å². The van der Waals surface area contributed by atoms with Gasteiger partial charge in [0.15, 0.2) is 0 Å². The monoisotopic (exact) mass is 288 g/mol. The minimum absolute atomic E-state index is 0.0232. The van der Waals surface area contributed by atoms with Crippen LogP contribution in [0.25, 0.3) is 0 Å². The predicted molar refractivity (Wildman–Crippen MR) is 73.6 cm³/mol. The molecule has 6 heteroatoms. The third-order valence-electron chi connectivity index (χ3n) is 2.86. The molecular formula is C13H21FN2O2S. The van der Waals surface area contributed by atoms with Crippen molar-refractivity contribution in [2.45, 2.75) is 44.7 Å². The van der Waals surface area contributed by atoms with Crippen molar-refractivity contribution < 1.29 is 12.8 Å². The molecule has 0 heterocycles. The maximum absolute atomic E-state index is 13.4. The molecule has 0 atom stereocenters. The van der Waals surface area contributed by atoms with Crippen LogP contribution in [-0.2, 0) is 16.6 Å². The van der Waals surface area contributed by atoms with E-state index >= 15 is 0 Å². The fourth-order valence-electron chi connectivity index (χ4n) is 1.88. The Morgan fingerprint density at radius 1 is 1.37 bits per heavy atom. The van der Waals surface area contributed by atoms with E-state index < -0.39 is 15.8 Å². The Kier molecular flexibility index (Phi) is 5.46. The van der Waals surface area contributed by atoms with Gasteiger partial charge in [0, 0.05) is 24.7 Å². The van der Waals surface area contributed by atoms with E-state index in [0.29, 0.717) is 6.54 Å². The van der Waals surface area contributed by atoms with E-state index in [1.54, 1.807) is 0 Å². The molecule has 0 amide bonds. The number of halogens is 1. The van der Waals surface area contributed by atoms with Crippen molar-refractivity contribution in [2.75, 3.05) is 6.54 Å². The molecule has 1 rings (SSSR count). The second-order valence-corrected chi connectivity index (χ2v) is 6.56. The molecule has 4 nitrogen and oxygen atoms in total. The van der Waals surface area contributed by atoms with Crippen LogP contribution >= 0.6 is 0 Å². The SMILES string of the molecule is CCCN(C(C)C)S(=O)(=O)c1ccc(F)c(CN)c1. The maximum atomic E-state index is 13.4. The Morgan fingerprint density at radius 2 is 2.00 bits per heavy atom. The molecule has 0 aliphatic carbocycles. The van der Waals surface area contributed by atoms with E-state index in [2.05, 4.69) is 0 Å². The van der Waals surface area contributed by atoms with Gasteiger partial charge in [-0.2, -0.15) is 4.31 Å². The molecule has 0 aliphatic heterocycles. The van der Waals surface area contributed by atoms with Crippen LogP contribution < -0.4 is 5.73 Å². The molecule has 0 bridgehead atoms. The van der Waals surface area contributed by atoms with Gasteiger partial charge in [-0.1, -0.05) is 6.92 Å². The van der Waals surface area contributed by atoms with Crippen molar-refractivity contribution in [3.63, 3.8) is 0 Å². The first kappa shape index (κ1) is 16.1. The first-order valence-corrected chi connectivity index (χ1v) is 7.79. The first-order valence-electron chi connectivity index (χ1n) is 6.35. The van der Waals surface area contributed by atoms with Crippen LogP contribution in [0.4, 0.5) is 4.39 Å². The highest BCUT2D eigenvalue weighted by Gasteiger charge is 2.26. The molecule has 0 radical (unpaired) electrons. The van der Waals surface area contributed by atoms with Crippen LogP contribution in [0.3, 0.4) is 0 Å². The minimum Gasteiger partial charge on any atom is -0.326 e. The number of nitrogens with two attached hydrogens (primary N) is 1. The predicted octanol–water partition coefficient (Wildman–Crippen LogP) is 2.09. The zero-order valence-electron chi connectivity index (χ0n) is 11.6. The third kappa shape index (κ3) is 3.52. The highest BCUT2D eigenvalue weighted by molar-refractivity contribution is 7.89. The topological polar surface area (TPSA) is 63.4 Å². The van der Waals surface area contributed by atoms with Crippen molar-refractivity contribution in [3.05, 3.63) is 29.6 Å². The van der Waals surface area contributed by atoms with Crippen LogP contribution in [0.5, 0.6) is 0 Å². The standard InChI is InChI=1S/C13H21FN2O2S/c1-4-7-16(10(2)3)19(17,18)12-5-6-13(14)11(8-12)9-15/h5-6,8,10H,4,7,9,15H2,1-3H3. The summed E-state index contributed by atoms with van der Waals surface area (Å²) in [5, 5.41) is 0.